The van der Waals surface area contributed by atoms with Crippen molar-refractivity contribution < 1.29 is 10.2 Å². The molecule has 102 valence electrons. The summed E-state index contributed by atoms with van der Waals surface area (Å²) in [6.45, 7) is 2.41. The molecular weight excluding hydrogens is 212 g/mol. The van der Waals surface area contributed by atoms with E-state index in [0.717, 1.165) is 25.7 Å². The Balaban J connectivity index is 2.08. The summed E-state index contributed by atoms with van der Waals surface area (Å²) < 4.78 is 0. The summed E-state index contributed by atoms with van der Waals surface area (Å²) in [6.07, 6.45) is 12.9. The van der Waals surface area contributed by atoms with Gasteiger partial charge in [-0.15, -0.1) is 0 Å². The van der Waals surface area contributed by atoms with E-state index in [1.807, 2.05) is 0 Å². The third-order valence-electron chi connectivity index (χ3n) is 4.45. The maximum atomic E-state index is 9.95. The Morgan fingerprint density at radius 1 is 1.06 bits per heavy atom. The van der Waals surface area contributed by atoms with Gasteiger partial charge in [0.15, 0.2) is 0 Å². The van der Waals surface area contributed by atoms with Gasteiger partial charge in [0.2, 0.25) is 0 Å². The first-order chi connectivity index (χ1) is 8.25. The molecule has 2 nitrogen and oxygen atoms in total. The Bertz CT molecular complexity index is 193. The molecule has 0 bridgehead atoms. The van der Waals surface area contributed by atoms with Gasteiger partial charge >= 0.3 is 0 Å². The molecule has 0 aromatic heterocycles. The molecule has 0 amide bonds. The normalized spacial score (nSPS) is 28.8. The molecule has 0 aromatic rings. The Hall–Kier alpha value is -0.0800. The van der Waals surface area contributed by atoms with Crippen molar-refractivity contribution in [1.82, 2.24) is 0 Å². The Morgan fingerprint density at radius 3 is 2.24 bits per heavy atom. The van der Waals surface area contributed by atoms with Crippen molar-refractivity contribution in [2.45, 2.75) is 83.7 Å². The number of unbranched alkanes of at least 4 members (excludes halogenated alkanes) is 6. The van der Waals surface area contributed by atoms with Crippen LogP contribution in [0.15, 0.2) is 0 Å². The van der Waals surface area contributed by atoms with E-state index in [2.05, 4.69) is 6.92 Å². The summed E-state index contributed by atoms with van der Waals surface area (Å²) in [5, 5.41) is 19.5. The van der Waals surface area contributed by atoms with E-state index in [-0.39, 0.29) is 18.1 Å². The van der Waals surface area contributed by atoms with Crippen LogP contribution in [0, 0.1) is 5.41 Å². The average molecular weight is 242 g/mol. The van der Waals surface area contributed by atoms with Crippen LogP contribution in [0.2, 0.25) is 0 Å². The summed E-state index contributed by atoms with van der Waals surface area (Å²) in [5.41, 5.74) is -0.149. The fourth-order valence-corrected chi connectivity index (χ4v) is 3.11. The SMILES string of the molecule is CCCCCCCCC[C@]1(CO)CCC[C@@H]1O. The molecule has 0 aromatic carbocycles. The van der Waals surface area contributed by atoms with Gasteiger partial charge in [0.05, 0.1) is 12.7 Å². The van der Waals surface area contributed by atoms with Crippen LogP contribution in [-0.4, -0.2) is 22.9 Å². The van der Waals surface area contributed by atoms with Crippen LogP contribution in [0.4, 0.5) is 0 Å². The molecule has 1 aliphatic rings. The lowest BCUT2D eigenvalue weighted by Gasteiger charge is -2.30. The third kappa shape index (κ3) is 4.59. The molecule has 0 spiro atoms. The maximum absolute atomic E-state index is 9.95. The van der Waals surface area contributed by atoms with E-state index in [0.29, 0.717) is 0 Å². The number of aliphatic hydroxyl groups is 2. The zero-order valence-electron chi connectivity index (χ0n) is 11.5. The van der Waals surface area contributed by atoms with Crippen LogP contribution in [0.25, 0.3) is 0 Å². The number of aliphatic hydroxyl groups excluding tert-OH is 2. The summed E-state index contributed by atoms with van der Waals surface area (Å²) in [7, 11) is 0. The second-order valence-electron chi connectivity index (χ2n) is 5.80. The third-order valence-corrected chi connectivity index (χ3v) is 4.45. The van der Waals surface area contributed by atoms with Gasteiger partial charge in [-0.25, -0.2) is 0 Å². The van der Waals surface area contributed by atoms with Crippen molar-refractivity contribution in [3.8, 4) is 0 Å². The molecule has 0 saturated heterocycles. The molecule has 0 heterocycles. The van der Waals surface area contributed by atoms with Crippen molar-refractivity contribution in [2.75, 3.05) is 6.61 Å². The highest BCUT2D eigenvalue weighted by molar-refractivity contribution is 4.91. The summed E-state index contributed by atoms with van der Waals surface area (Å²) >= 11 is 0. The number of hydrogen-bond donors (Lipinski definition) is 2. The van der Waals surface area contributed by atoms with Gasteiger partial charge in [-0.3, -0.25) is 0 Å². The minimum atomic E-state index is -0.257. The summed E-state index contributed by atoms with van der Waals surface area (Å²) in [6, 6.07) is 0. The van der Waals surface area contributed by atoms with E-state index in [9.17, 15) is 10.2 Å². The maximum Gasteiger partial charge on any atom is 0.0618 e. The van der Waals surface area contributed by atoms with E-state index in [4.69, 9.17) is 0 Å². The molecule has 1 rings (SSSR count). The second-order valence-corrected chi connectivity index (χ2v) is 5.80. The molecule has 2 atom stereocenters. The minimum absolute atomic E-state index is 0.149. The molecule has 1 fully saturated rings. The van der Waals surface area contributed by atoms with Gasteiger partial charge in [-0.2, -0.15) is 0 Å². The predicted molar refractivity (Wildman–Crippen MR) is 72.0 cm³/mol. The lowest BCUT2D eigenvalue weighted by atomic mass is 9.80. The smallest absolute Gasteiger partial charge is 0.0618 e. The average Bonchev–Trinajstić information content (AvgIpc) is 2.70. The Labute approximate surface area is 106 Å². The highest BCUT2D eigenvalue weighted by Crippen LogP contribution is 2.42. The lowest BCUT2D eigenvalue weighted by molar-refractivity contribution is -0.00133. The molecule has 2 heteroatoms. The molecule has 1 aliphatic carbocycles. The number of rotatable bonds is 9. The first-order valence-electron chi connectivity index (χ1n) is 7.54. The standard InChI is InChI=1S/C15H30O2/c1-2-3-4-5-6-7-8-11-15(13-16)12-9-10-14(15)17/h14,16-17H,2-13H2,1H3/t14-,15+/m0/s1. The van der Waals surface area contributed by atoms with Crippen molar-refractivity contribution in [3.63, 3.8) is 0 Å². The fourth-order valence-electron chi connectivity index (χ4n) is 3.11. The van der Waals surface area contributed by atoms with Gasteiger partial charge in [0, 0.05) is 5.41 Å². The van der Waals surface area contributed by atoms with E-state index in [1.165, 1.54) is 44.9 Å². The van der Waals surface area contributed by atoms with Gasteiger partial charge in [0.1, 0.15) is 0 Å². The molecule has 0 unspecified atom stereocenters. The summed E-state index contributed by atoms with van der Waals surface area (Å²) in [5.74, 6) is 0. The highest BCUT2D eigenvalue weighted by atomic mass is 16.3. The molecule has 0 radical (unpaired) electrons. The molecule has 0 aliphatic heterocycles. The van der Waals surface area contributed by atoms with E-state index < -0.39 is 0 Å². The monoisotopic (exact) mass is 242 g/mol. The quantitative estimate of drug-likeness (QED) is 0.606. The predicted octanol–water partition coefficient (Wildman–Crippen LogP) is 3.65. The Morgan fingerprint density at radius 2 is 1.71 bits per heavy atom. The Kier molecular flexibility index (Phi) is 7.14. The topological polar surface area (TPSA) is 40.5 Å². The zero-order valence-corrected chi connectivity index (χ0v) is 11.5. The van der Waals surface area contributed by atoms with Crippen molar-refractivity contribution >= 4 is 0 Å². The lowest BCUT2D eigenvalue weighted by Crippen LogP contribution is -2.33. The molecule has 17 heavy (non-hydrogen) atoms. The van der Waals surface area contributed by atoms with Gasteiger partial charge in [0.25, 0.3) is 0 Å². The van der Waals surface area contributed by atoms with E-state index in [1.54, 1.807) is 0 Å². The first kappa shape index (κ1) is 15.0. The van der Waals surface area contributed by atoms with Crippen LogP contribution in [0.5, 0.6) is 0 Å². The van der Waals surface area contributed by atoms with Crippen LogP contribution >= 0.6 is 0 Å². The molecule has 2 N–H and O–H groups in total. The van der Waals surface area contributed by atoms with Crippen molar-refractivity contribution in [2.24, 2.45) is 5.41 Å². The molecule has 1 saturated carbocycles. The fraction of sp³-hybridized carbons (Fsp3) is 1.00. The highest BCUT2D eigenvalue weighted by Gasteiger charge is 2.40. The van der Waals surface area contributed by atoms with Gasteiger partial charge in [-0.05, 0) is 19.3 Å². The van der Waals surface area contributed by atoms with Gasteiger partial charge in [-0.1, -0.05) is 58.3 Å². The second kappa shape index (κ2) is 8.10. The zero-order chi connectivity index (χ0) is 12.6. The number of hydrogen-bond acceptors (Lipinski definition) is 2. The van der Waals surface area contributed by atoms with Crippen LogP contribution in [0.1, 0.15) is 77.6 Å². The minimum Gasteiger partial charge on any atom is -0.396 e. The van der Waals surface area contributed by atoms with Crippen LogP contribution < -0.4 is 0 Å². The largest absolute Gasteiger partial charge is 0.396 e. The van der Waals surface area contributed by atoms with Crippen molar-refractivity contribution in [1.29, 1.82) is 0 Å². The van der Waals surface area contributed by atoms with Gasteiger partial charge < -0.3 is 10.2 Å². The van der Waals surface area contributed by atoms with Crippen LogP contribution in [-0.2, 0) is 0 Å². The molecular formula is C15H30O2. The summed E-state index contributed by atoms with van der Waals surface area (Å²) in [4.78, 5) is 0. The van der Waals surface area contributed by atoms with Crippen LogP contribution in [0.3, 0.4) is 0 Å². The van der Waals surface area contributed by atoms with Crippen molar-refractivity contribution in [3.05, 3.63) is 0 Å². The first-order valence-corrected chi connectivity index (χ1v) is 7.54. The van der Waals surface area contributed by atoms with E-state index >= 15 is 0 Å².